The highest BCUT2D eigenvalue weighted by atomic mass is 35.5. The summed E-state index contributed by atoms with van der Waals surface area (Å²) in [7, 11) is 0. The van der Waals surface area contributed by atoms with Gasteiger partial charge < -0.3 is 10.6 Å². The lowest BCUT2D eigenvalue weighted by Crippen LogP contribution is -2.25. The zero-order valence-electron chi connectivity index (χ0n) is 12.5. The molecule has 0 aliphatic carbocycles. The van der Waals surface area contributed by atoms with Crippen molar-refractivity contribution < 1.29 is 4.79 Å². The van der Waals surface area contributed by atoms with Crippen LogP contribution in [0.5, 0.6) is 0 Å². The zero-order chi connectivity index (χ0) is 15.0. The van der Waals surface area contributed by atoms with Crippen molar-refractivity contribution in [2.75, 3.05) is 18.4 Å². The Balaban J connectivity index is 2.56. The van der Waals surface area contributed by atoms with E-state index in [-0.39, 0.29) is 5.91 Å². The molecule has 0 aliphatic heterocycles. The lowest BCUT2D eigenvalue weighted by atomic mass is 10.1. The van der Waals surface area contributed by atoms with Gasteiger partial charge in [-0.1, -0.05) is 32.4 Å². The molecule has 0 aliphatic rings. The highest BCUT2D eigenvalue weighted by Crippen LogP contribution is 2.14. The quantitative estimate of drug-likeness (QED) is 0.568. The molecule has 5 heteroatoms. The Kier molecular flexibility index (Phi) is 7.37. The van der Waals surface area contributed by atoms with Crippen molar-refractivity contribution >= 4 is 23.3 Å². The average molecular weight is 298 g/mol. The number of carbonyl (C=O) groups is 1. The summed E-state index contributed by atoms with van der Waals surface area (Å²) in [5.74, 6) is 1.21. The van der Waals surface area contributed by atoms with E-state index in [4.69, 9.17) is 11.6 Å². The van der Waals surface area contributed by atoms with Crippen LogP contribution in [0, 0.1) is 5.92 Å². The molecule has 0 aromatic carbocycles. The smallest absolute Gasteiger partial charge is 0.251 e. The number of aromatic nitrogens is 1. The summed E-state index contributed by atoms with van der Waals surface area (Å²) in [5.41, 5.74) is 0.549. The first-order chi connectivity index (χ1) is 9.52. The van der Waals surface area contributed by atoms with Crippen molar-refractivity contribution in [3.63, 3.8) is 0 Å². The van der Waals surface area contributed by atoms with E-state index in [9.17, 15) is 4.79 Å². The molecule has 1 aromatic rings. The Morgan fingerprint density at radius 1 is 1.35 bits per heavy atom. The molecule has 0 unspecified atom stereocenters. The van der Waals surface area contributed by atoms with Crippen LogP contribution in [-0.2, 0) is 0 Å². The monoisotopic (exact) mass is 297 g/mol. The summed E-state index contributed by atoms with van der Waals surface area (Å²) in [6, 6.07) is 3.33. The van der Waals surface area contributed by atoms with E-state index in [1.807, 2.05) is 0 Å². The Morgan fingerprint density at radius 2 is 2.10 bits per heavy atom. The molecule has 0 radical (unpaired) electrons. The van der Waals surface area contributed by atoms with Crippen molar-refractivity contribution in [2.24, 2.45) is 5.92 Å². The number of nitrogens with zero attached hydrogens (tertiary/aromatic N) is 1. The number of carbonyl (C=O) groups excluding carboxylic acids is 1. The fourth-order valence-electron chi connectivity index (χ4n) is 1.79. The van der Waals surface area contributed by atoms with Gasteiger partial charge in [0.05, 0.1) is 0 Å². The van der Waals surface area contributed by atoms with E-state index in [1.54, 1.807) is 12.1 Å². The summed E-state index contributed by atoms with van der Waals surface area (Å²) < 4.78 is 0. The van der Waals surface area contributed by atoms with Crippen LogP contribution < -0.4 is 10.6 Å². The number of halogens is 1. The molecule has 1 aromatic heterocycles. The molecule has 0 fully saturated rings. The predicted molar refractivity (Wildman–Crippen MR) is 84.4 cm³/mol. The van der Waals surface area contributed by atoms with Crippen LogP contribution >= 0.6 is 11.6 Å². The third-order valence-corrected chi connectivity index (χ3v) is 3.05. The third-order valence-electron chi connectivity index (χ3n) is 2.86. The fraction of sp³-hybridized carbons (Fsp3) is 0.600. The van der Waals surface area contributed by atoms with Gasteiger partial charge in [0.2, 0.25) is 0 Å². The average Bonchev–Trinajstić information content (AvgIpc) is 2.40. The predicted octanol–water partition coefficient (Wildman–Crippen LogP) is 3.72. The van der Waals surface area contributed by atoms with E-state index < -0.39 is 0 Å². The Labute approximate surface area is 126 Å². The molecular formula is C15H24ClN3O. The van der Waals surface area contributed by atoms with Gasteiger partial charge in [0.1, 0.15) is 11.0 Å². The maximum Gasteiger partial charge on any atom is 0.251 e. The molecule has 0 saturated carbocycles. The molecule has 2 N–H and O–H groups in total. The van der Waals surface area contributed by atoms with Crippen LogP contribution in [0.1, 0.15) is 50.4 Å². The van der Waals surface area contributed by atoms with Crippen molar-refractivity contribution in [3.05, 3.63) is 22.8 Å². The highest BCUT2D eigenvalue weighted by Gasteiger charge is 2.08. The minimum atomic E-state index is -0.0994. The molecule has 1 heterocycles. The van der Waals surface area contributed by atoms with Gasteiger partial charge >= 0.3 is 0 Å². The lowest BCUT2D eigenvalue weighted by molar-refractivity contribution is 0.0952. The summed E-state index contributed by atoms with van der Waals surface area (Å²) in [6.45, 7) is 7.92. The number of hydrogen-bond acceptors (Lipinski definition) is 3. The number of nitrogens with one attached hydrogen (secondary N) is 2. The van der Waals surface area contributed by atoms with Gasteiger partial charge in [0.25, 0.3) is 5.91 Å². The van der Waals surface area contributed by atoms with Crippen LogP contribution in [0.25, 0.3) is 0 Å². The molecule has 112 valence electrons. The summed E-state index contributed by atoms with van der Waals surface area (Å²) >= 11 is 5.94. The molecule has 0 spiro atoms. The maximum atomic E-state index is 12.0. The van der Waals surface area contributed by atoms with Crippen molar-refractivity contribution in [1.82, 2.24) is 10.3 Å². The van der Waals surface area contributed by atoms with Gasteiger partial charge in [-0.25, -0.2) is 4.98 Å². The fourth-order valence-corrected chi connectivity index (χ4v) is 1.99. The van der Waals surface area contributed by atoms with Gasteiger partial charge in [-0.3, -0.25) is 4.79 Å². The van der Waals surface area contributed by atoms with Gasteiger partial charge in [-0.15, -0.1) is 0 Å². The van der Waals surface area contributed by atoms with Crippen molar-refractivity contribution in [3.8, 4) is 0 Å². The standard InChI is InChI=1S/C15H24ClN3O/c1-4-7-17-14-10-12(9-13(16)19-14)15(20)18-8-5-6-11(2)3/h9-11H,4-8H2,1-3H3,(H,17,19)(H,18,20). The Morgan fingerprint density at radius 3 is 2.75 bits per heavy atom. The second kappa shape index (κ2) is 8.80. The number of rotatable bonds is 8. The largest absolute Gasteiger partial charge is 0.370 e. The van der Waals surface area contributed by atoms with Gasteiger partial charge in [-0.05, 0) is 37.3 Å². The van der Waals surface area contributed by atoms with Gasteiger partial charge in [0, 0.05) is 18.7 Å². The zero-order valence-corrected chi connectivity index (χ0v) is 13.3. The minimum absolute atomic E-state index is 0.0994. The van der Waals surface area contributed by atoms with Crippen molar-refractivity contribution in [1.29, 1.82) is 0 Å². The second-order valence-electron chi connectivity index (χ2n) is 5.28. The minimum Gasteiger partial charge on any atom is -0.370 e. The number of anilines is 1. The number of amides is 1. The molecule has 1 amide bonds. The van der Waals surface area contributed by atoms with Gasteiger partial charge in [-0.2, -0.15) is 0 Å². The molecule has 0 bridgehead atoms. The normalized spacial score (nSPS) is 10.7. The highest BCUT2D eigenvalue weighted by molar-refractivity contribution is 6.29. The Hall–Kier alpha value is -1.29. The van der Waals surface area contributed by atoms with Gasteiger partial charge in [0.15, 0.2) is 0 Å². The summed E-state index contributed by atoms with van der Waals surface area (Å²) in [6.07, 6.45) is 3.09. The van der Waals surface area contributed by atoms with E-state index in [1.165, 1.54) is 0 Å². The molecule has 0 saturated heterocycles. The molecule has 1 rings (SSSR count). The van der Waals surface area contributed by atoms with Crippen LogP contribution in [0.4, 0.5) is 5.82 Å². The van der Waals surface area contributed by atoms with Crippen LogP contribution in [0.2, 0.25) is 5.15 Å². The topological polar surface area (TPSA) is 54.0 Å². The first-order valence-electron chi connectivity index (χ1n) is 7.22. The first kappa shape index (κ1) is 16.8. The van der Waals surface area contributed by atoms with Crippen LogP contribution in [-0.4, -0.2) is 24.0 Å². The lowest BCUT2D eigenvalue weighted by Gasteiger charge is -2.09. The van der Waals surface area contributed by atoms with E-state index in [0.717, 1.165) is 25.8 Å². The SMILES string of the molecule is CCCNc1cc(C(=O)NCCCC(C)C)cc(Cl)n1. The number of pyridine rings is 1. The number of hydrogen-bond donors (Lipinski definition) is 2. The molecule has 20 heavy (non-hydrogen) atoms. The molecular weight excluding hydrogens is 274 g/mol. The second-order valence-corrected chi connectivity index (χ2v) is 5.67. The van der Waals surface area contributed by atoms with Crippen LogP contribution in [0.3, 0.4) is 0 Å². The van der Waals surface area contributed by atoms with Crippen LogP contribution in [0.15, 0.2) is 12.1 Å². The Bertz CT molecular complexity index is 435. The first-order valence-corrected chi connectivity index (χ1v) is 7.60. The maximum absolute atomic E-state index is 12.0. The summed E-state index contributed by atoms with van der Waals surface area (Å²) in [5, 5.41) is 6.38. The molecule has 0 atom stereocenters. The summed E-state index contributed by atoms with van der Waals surface area (Å²) in [4.78, 5) is 16.2. The third kappa shape index (κ3) is 6.24. The molecule has 4 nitrogen and oxygen atoms in total. The van der Waals surface area contributed by atoms with E-state index in [0.29, 0.717) is 29.0 Å². The van der Waals surface area contributed by atoms with E-state index in [2.05, 4.69) is 36.4 Å². The van der Waals surface area contributed by atoms with Crippen molar-refractivity contribution in [2.45, 2.75) is 40.0 Å². The van der Waals surface area contributed by atoms with E-state index >= 15 is 0 Å².